The van der Waals surface area contributed by atoms with Crippen molar-refractivity contribution in [3.63, 3.8) is 0 Å². The second-order valence-corrected chi connectivity index (χ2v) is 8.93. The molecule has 7 nitrogen and oxygen atoms in total. The largest absolute Gasteiger partial charge is 0.493 e. The maximum Gasteiger partial charge on any atom is 0.316 e. The molecule has 178 valence electrons. The van der Waals surface area contributed by atoms with Gasteiger partial charge >= 0.3 is 5.97 Å². The number of ketones is 1. The highest BCUT2D eigenvalue weighted by Crippen LogP contribution is 2.48. The van der Waals surface area contributed by atoms with Crippen molar-refractivity contribution in [1.29, 1.82) is 0 Å². The van der Waals surface area contributed by atoms with Crippen molar-refractivity contribution in [3.8, 4) is 17.2 Å². The Labute approximate surface area is 195 Å². The summed E-state index contributed by atoms with van der Waals surface area (Å²) in [6, 6.07) is 3.63. The van der Waals surface area contributed by atoms with Crippen LogP contribution in [0.5, 0.6) is 17.2 Å². The van der Waals surface area contributed by atoms with E-state index in [-0.39, 0.29) is 17.9 Å². The van der Waals surface area contributed by atoms with Gasteiger partial charge in [-0.25, -0.2) is 0 Å². The Kier molecular flexibility index (Phi) is 6.96. The summed E-state index contributed by atoms with van der Waals surface area (Å²) in [5, 5.41) is 3.27. The number of Topliss-reactive ketones (excluding diaryl/α,β-unsaturated/α-hetero) is 1. The summed E-state index contributed by atoms with van der Waals surface area (Å²) in [6.07, 6.45) is 6.93. The van der Waals surface area contributed by atoms with Gasteiger partial charge in [-0.05, 0) is 56.2 Å². The second kappa shape index (κ2) is 9.89. The van der Waals surface area contributed by atoms with Gasteiger partial charge in [0.1, 0.15) is 12.0 Å². The Morgan fingerprint density at radius 3 is 2.24 bits per heavy atom. The number of hydrogen-bond acceptors (Lipinski definition) is 7. The van der Waals surface area contributed by atoms with Crippen LogP contribution in [0.2, 0.25) is 0 Å². The molecule has 1 aromatic carbocycles. The highest BCUT2D eigenvalue weighted by molar-refractivity contribution is 6.00. The minimum atomic E-state index is -0.726. The number of rotatable bonds is 6. The normalized spacial score (nSPS) is 23.5. The van der Waals surface area contributed by atoms with Gasteiger partial charge in [0.15, 0.2) is 17.3 Å². The van der Waals surface area contributed by atoms with Crippen molar-refractivity contribution in [2.75, 3.05) is 21.3 Å². The molecule has 1 N–H and O–H groups in total. The Balaban J connectivity index is 1.81. The Bertz CT molecular complexity index is 950. The Morgan fingerprint density at radius 2 is 1.64 bits per heavy atom. The minimum Gasteiger partial charge on any atom is -0.493 e. The van der Waals surface area contributed by atoms with Crippen LogP contribution in [0.1, 0.15) is 62.8 Å². The van der Waals surface area contributed by atoms with E-state index in [1.54, 1.807) is 21.3 Å². The van der Waals surface area contributed by atoms with Gasteiger partial charge in [-0.1, -0.05) is 13.0 Å². The average Bonchev–Trinajstić information content (AvgIpc) is 2.82. The van der Waals surface area contributed by atoms with E-state index in [1.165, 1.54) is 6.42 Å². The molecule has 0 spiro atoms. The molecule has 3 aliphatic rings. The smallest absolute Gasteiger partial charge is 0.316 e. The number of esters is 1. The van der Waals surface area contributed by atoms with E-state index in [1.807, 2.05) is 12.1 Å². The lowest BCUT2D eigenvalue weighted by atomic mass is 9.71. The van der Waals surface area contributed by atoms with Gasteiger partial charge in [0.05, 0.1) is 21.3 Å². The highest BCUT2D eigenvalue weighted by Gasteiger charge is 2.45. The molecule has 1 heterocycles. The second-order valence-electron chi connectivity index (χ2n) is 8.93. The molecule has 2 unspecified atom stereocenters. The van der Waals surface area contributed by atoms with E-state index in [9.17, 15) is 9.59 Å². The zero-order valence-corrected chi connectivity index (χ0v) is 19.7. The van der Waals surface area contributed by atoms with Crippen LogP contribution in [0.25, 0.3) is 0 Å². The van der Waals surface area contributed by atoms with Gasteiger partial charge in [-0.2, -0.15) is 0 Å². The van der Waals surface area contributed by atoms with Crippen LogP contribution in [0, 0.1) is 5.92 Å². The van der Waals surface area contributed by atoms with Gasteiger partial charge in [0.2, 0.25) is 5.75 Å². The van der Waals surface area contributed by atoms with E-state index < -0.39 is 11.8 Å². The zero-order valence-electron chi connectivity index (χ0n) is 19.7. The molecule has 1 saturated carbocycles. The van der Waals surface area contributed by atoms with E-state index in [0.717, 1.165) is 49.8 Å². The number of carbonyl (C=O) groups excluding carboxylic acids is 2. The SMILES string of the molecule is C=C1NC2=C(C(=O)CCC2)C(c2cc(OC)c(OC)c(OC)c2)C1C(=O)OC1CCCCC1. The highest BCUT2D eigenvalue weighted by atomic mass is 16.5. The molecule has 33 heavy (non-hydrogen) atoms. The first-order valence-corrected chi connectivity index (χ1v) is 11.7. The first-order chi connectivity index (χ1) is 16.0. The van der Waals surface area contributed by atoms with Crippen molar-refractivity contribution in [2.24, 2.45) is 5.92 Å². The standard InChI is InChI=1S/C26H33NO6/c1-15-22(26(29)33-17-9-6-5-7-10-17)23(24-18(27-15)11-8-12-19(24)28)16-13-20(30-2)25(32-4)21(14-16)31-3/h13-14,17,22-23,27H,1,5-12H2,2-4H3. The summed E-state index contributed by atoms with van der Waals surface area (Å²) in [6.45, 7) is 4.18. The summed E-state index contributed by atoms with van der Waals surface area (Å²) in [7, 11) is 4.64. The molecule has 2 aliphatic carbocycles. The van der Waals surface area contributed by atoms with Crippen LogP contribution in [0.4, 0.5) is 0 Å². The van der Waals surface area contributed by atoms with Crippen LogP contribution in [-0.4, -0.2) is 39.2 Å². The maximum absolute atomic E-state index is 13.5. The lowest BCUT2D eigenvalue weighted by molar-refractivity contribution is -0.155. The maximum atomic E-state index is 13.5. The first-order valence-electron chi connectivity index (χ1n) is 11.7. The molecule has 0 aromatic heterocycles. The summed E-state index contributed by atoms with van der Waals surface area (Å²) in [5.74, 6) is -0.154. The number of nitrogens with one attached hydrogen (secondary N) is 1. The summed E-state index contributed by atoms with van der Waals surface area (Å²) in [5.41, 5.74) is 2.77. The molecule has 0 radical (unpaired) electrons. The number of hydrogen-bond donors (Lipinski definition) is 1. The third-order valence-electron chi connectivity index (χ3n) is 6.92. The predicted octanol–water partition coefficient (Wildman–Crippen LogP) is 4.41. The molecule has 1 aromatic rings. The molecular weight excluding hydrogens is 422 g/mol. The Morgan fingerprint density at radius 1 is 0.970 bits per heavy atom. The molecule has 1 aliphatic heterocycles. The van der Waals surface area contributed by atoms with Gasteiger partial charge in [0.25, 0.3) is 0 Å². The van der Waals surface area contributed by atoms with Crippen LogP contribution >= 0.6 is 0 Å². The van der Waals surface area contributed by atoms with E-state index in [0.29, 0.717) is 34.9 Å². The number of methoxy groups -OCH3 is 3. The summed E-state index contributed by atoms with van der Waals surface area (Å²) < 4.78 is 22.6. The van der Waals surface area contributed by atoms with Crippen molar-refractivity contribution in [3.05, 3.63) is 41.2 Å². The van der Waals surface area contributed by atoms with Crippen LogP contribution in [0.15, 0.2) is 35.7 Å². The summed E-state index contributed by atoms with van der Waals surface area (Å²) >= 11 is 0. The number of benzene rings is 1. The van der Waals surface area contributed by atoms with Crippen molar-refractivity contribution < 1.29 is 28.5 Å². The number of allylic oxidation sites excluding steroid dienone is 2. The number of carbonyl (C=O) groups is 2. The molecule has 0 bridgehead atoms. The van der Waals surface area contributed by atoms with Gasteiger partial charge in [-0.15, -0.1) is 0 Å². The number of ether oxygens (including phenoxy) is 4. The van der Waals surface area contributed by atoms with Gasteiger partial charge < -0.3 is 24.3 Å². The fourth-order valence-electron chi connectivity index (χ4n) is 5.33. The Hall–Kier alpha value is -2.96. The van der Waals surface area contributed by atoms with Crippen molar-refractivity contribution >= 4 is 11.8 Å². The third kappa shape index (κ3) is 4.45. The lowest BCUT2D eigenvalue weighted by Crippen LogP contribution is -2.42. The topological polar surface area (TPSA) is 83.1 Å². The average molecular weight is 456 g/mol. The summed E-state index contributed by atoms with van der Waals surface area (Å²) in [4.78, 5) is 26.7. The molecule has 4 rings (SSSR count). The molecule has 0 saturated heterocycles. The van der Waals surface area contributed by atoms with E-state index in [2.05, 4.69) is 11.9 Å². The first kappa shape index (κ1) is 23.2. The van der Waals surface area contributed by atoms with Crippen LogP contribution in [0.3, 0.4) is 0 Å². The molecule has 0 amide bonds. The van der Waals surface area contributed by atoms with Crippen molar-refractivity contribution in [2.45, 2.75) is 63.4 Å². The van der Waals surface area contributed by atoms with E-state index >= 15 is 0 Å². The van der Waals surface area contributed by atoms with E-state index in [4.69, 9.17) is 18.9 Å². The quantitative estimate of drug-likeness (QED) is 0.636. The molecule has 1 fully saturated rings. The van der Waals surface area contributed by atoms with Crippen molar-refractivity contribution in [1.82, 2.24) is 5.32 Å². The fraction of sp³-hybridized carbons (Fsp3) is 0.538. The minimum absolute atomic E-state index is 0.0467. The zero-order chi connectivity index (χ0) is 23.5. The predicted molar refractivity (Wildman–Crippen MR) is 123 cm³/mol. The molecule has 2 atom stereocenters. The monoisotopic (exact) mass is 455 g/mol. The van der Waals surface area contributed by atoms with Crippen LogP contribution in [-0.2, 0) is 14.3 Å². The lowest BCUT2D eigenvalue weighted by Gasteiger charge is -2.39. The van der Waals surface area contributed by atoms with Gasteiger partial charge in [0, 0.05) is 29.3 Å². The molecular formula is C26H33NO6. The third-order valence-corrected chi connectivity index (χ3v) is 6.92. The van der Waals surface area contributed by atoms with Gasteiger partial charge in [-0.3, -0.25) is 9.59 Å². The van der Waals surface area contributed by atoms with Crippen LogP contribution < -0.4 is 19.5 Å². The molecule has 7 heteroatoms. The fourth-order valence-corrected chi connectivity index (χ4v) is 5.33.